The molecule has 0 radical (unpaired) electrons. The van der Waals surface area contributed by atoms with Gasteiger partial charge < -0.3 is 5.73 Å². The lowest BCUT2D eigenvalue weighted by atomic mass is 9.98. The number of thiocarbonyl (C=S) groups is 1. The van der Waals surface area contributed by atoms with Gasteiger partial charge in [-0.25, -0.2) is 4.98 Å². The fourth-order valence-electron chi connectivity index (χ4n) is 1.76. The number of anilines is 1. The van der Waals surface area contributed by atoms with E-state index in [2.05, 4.69) is 47.9 Å². The lowest BCUT2D eigenvalue weighted by molar-refractivity contribution is 0.738. The van der Waals surface area contributed by atoms with Crippen molar-refractivity contribution in [1.82, 2.24) is 10.4 Å². The molecule has 0 aliphatic heterocycles. The Morgan fingerprint density at radius 1 is 1.56 bits per heavy atom. The summed E-state index contributed by atoms with van der Waals surface area (Å²) in [6.07, 6.45) is 1.10. The molecule has 1 atom stereocenters. The van der Waals surface area contributed by atoms with Crippen LogP contribution in [-0.2, 0) is 0 Å². The molecule has 0 bridgehead atoms. The number of nitrogens with two attached hydrogens (primary N) is 1. The highest BCUT2D eigenvalue weighted by Crippen LogP contribution is 2.32. The first kappa shape index (κ1) is 13.0. The molecule has 6 heteroatoms. The van der Waals surface area contributed by atoms with E-state index in [0.717, 1.165) is 17.1 Å². The van der Waals surface area contributed by atoms with Crippen molar-refractivity contribution in [3.63, 3.8) is 0 Å². The van der Waals surface area contributed by atoms with Gasteiger partial charge in [0.05, 0.1) is 10.2 Å². The van der Waals surface area contributed by atoms with Crippen molar-refractivity contribution >= 4 is 44.0 Å². The van der Waals surface area contributed by atoms with Gasteiger partial charge >= 0.3 is 0 Å². The minimum Gasteiger partial charge on any atom is -0.375 e. The molecule has 0 unspecified atom stereocenters. The number of fused-ring (bicyclic) bond motifs is 1. The molecule has 0 saturated carbocycles. The quantitative estimate of drug-likeness (QED) is 0.593. The topological polar surface area (TPSA) is 63.0 Å². The number of hydrogen-bond donors (Lipinski definition) is 3. The summed E-state index contributed by atoms with van der Waals surface area (Å²) in [6.45, 7) is 4.40. The molecule has 1 aromatic heterocycles. The fraction of sp³-hybridized carbons (Fsp3) is 0.333. The number of nitrogens with zero attached hydrogens (tertiary/aromatic N) is 1. The molecule has 96 valence electrons. The van der Waals surface area contributed by atoms with Gasteiger partial charge in [0.1, 0.15) is 0 Å². The van der Waals surface area contributed by atoms with Gasteiger partial charge in [-0.2, -0.15) is 0 Å². The average Bonchev–Trinajstić information content (AvgIpc) is 2.77. The van der Waals surface area contributed by atoms with Crippen LogP contribution in [0.5, 0.6) is 0 Å². The SMILES string of the molecule is CC[C@H](C)c1cccc2sc(NNC(N)=S)nc12. The zero-order valence-corrected chi connectivity index (χ0v) is 12.0. The molecular formula is C12H16N4S2. The summed E-state index contributed by atoms with van der Waals surface area (Å²) in [6, 6.07) is 6.29. The molecule has 0 amide bonds. The van der Waals surface area contributed by atoms with Crippen LogP contribution in [0.2, 0.25) is 0 Å². The summed E-state index contributed by atoms with van der Waals surface area (Å²) in [5.41, 5.74) is 13.3. The van der Waals surface area contributed by atoms with Gasteiger partial charge in [0.25, 0.3) is 0 Å². The molecule has 18 heavy (non-hydrogen) atoms. The molecule has 0 saturated heterocycles. The molecule has 0 aliphatic rings. The number of rotatable bonds is 4. The fourth-order valence-corrected chi connectivity index (χ4v) is 2.66. The molecule has 0 aliphatic carbocycles. The summed E-state index contributed by atoms with van der Waals surface area (Å²) in [5, 5.41) is 0.977. The van der Waals surface area contributed by atoms with E-state index in [1.807, 2.05) is 0 Å². The van der Waals surface area contributed by atoms with Crippen molar-refractivity contribution in [3.05, 3.63) is 23.8 Å². The summed E-state index contributed by atoms with van der Waals surface area (Å²) in [4.78, 5) is 4.58. The molecule has 4 N–H and O–H groups in total. The number of nitrogens with one attached hydrogen (secondary N) is 2. The van der Waals surface area contributed by atoms with Crippen LogP contribution >= 0.6 is 23.6 Å². The lowest BCUT2D eigenvalue weighted by Gasteiger charge is -2.08. The third-order valence-electron chi connectivity index (χ3n) is 2.89. The van der Waals surface area contributed by atoms with Crippen molar-refractivity contribution < 1.29 is 0 Å². The van der Waals surface area contributed by atoms with E-state index >= 15 is 0 Å². The van der Waals surface area contributed by atoms with E-state index in [0.29, 0.717) is 5.92 Å². The maximum Gasteiger partial charge on any atom is 0.202 e. The smallest absolute Gasteiger partial charge is 0.202 e. The van der Waals surface area contributed by atoms with Gasteiger partial charge in [0.2, 0.25) is 5.13 Å². The van der Waals surface area contributed by atoms with Crippen LogP contribution in [0.15, 0.2) is 18.2 Å². The van der Waals surface area contributed by atoms with Crippen LogP contribution in [0.1, 0.15) is 31.7 Å². The van der Waals surface area contributed by atoms with E-state index in [1.54, 1.807) is 11.3 Å². The van der Waals surface area contributed by atoms with Crippen LogP contribution in [-0.4, -0.2) is 10.1 Å². The number of hydrazine groups is 1. The first-order chi connectivity index (χ1) is 8.61. The van der Waals surface area contributed by atoms with E-state index in [1.165, 1.54) is 10.3 Å². The highest BCUT2D eigenvalue weighted by atomic mass is 32.1. The van der Waals surface area contributed by atoms with Gasteiger partial charge in [-0.15, -0.1) is 0 Å². The Morgan fingerprint density at radius 2 is 2.33 bits per heavy atom. The molecular weight excluding hydrogens is 264 g/mol. The molecule has 0 fully saturated rings. The average molecular weight is 280 g/mol. The van der Waals surface area contributed by atoms with Gasteiger partial charge in [-0.3, -0.25) is 10.9 Å². The summed E-state index contributed by atoms with van der Waals surface area (Å²) in [5.74, 6) is 0.507. The van der Waals surface area contributed by atoms with E-state index in [-0.39, 0.29) is 5.11 Å². The molecule has 2 aromatic rings. The van der Waals surface area contributed by atoms with Crippen LogP contribution in [0.3, 0.4) is 0 Å². The Morgan fingerprint density at radius 3 is 3.00 bits per heavy atom. The van der Waals surface area contributed by atoms with Crippen molar-refractivity contribution in [2.75, 3.05) is 5.43 Å². The highest BCUT2D eigenvalue weighted by Gasteiger charge is 2.11. The van der Waals surface area contributed by atoms with Crippen molar-refractivity contribution in [1.29, 1.82) is 0 Å². The van der Waals surface area contributed by atoms with Gasteiger partial charge in [0.15, 0.2) is 5.11 Å². The third kappa shape index (κ3) is 2.70. The summed E-state index contributed by atoms with van der Waals surface area (Å²) in [7, 11) is 0. The number of thiazole rings is 1. The number of para-hydroxylation sites is 1. The van der Waals surface area contributed by atoms with E-state index in [4.69, 9.17) is 18.0 Å². The van der Waals surface area contributed by atoms with Crippen LogP contribution < -0.4 is 16.6 Å². The molecule has 2 rings (SSSR count). The summed E-state index contributed by atoms with van der Waals surface area (Å²) >= 11 is 6.32. The van der Waals surface area contributed by atoms with Crippen LogP contribution in [0.4, 0.5) is 5.13 Å². The summed E-state index contributed by atoms with van der Waals surface area (Å²) < 4.78 is 1.17. The number of benzene rings is 1. The largest absolute Gasteiger partial charge is 0.375 e. The predicted octanol–water partition coefficient (Wildman–Crippen LogP) is 2.97. The molecule has 1 aromatic carbocycles. The van der Waals surface area contributed by atoms with Crippen LogP contribution in [0, 0.1) is 0 Å². The molecule has 1 heterocycles. The predicted molar refractivity (Wildman–Crippen MR) is 81.9 cm³/mol. The molecule has 0 spiro atoms. The Hall–Kier alpha value is -1.40. The van der Waals surface area contributed by atoms with E-state index in [9.17, 15) is 0 Å². The minimum absolute atomic E-state index is 0.205. The maximum absolute atomic E-state index is 5.37. The lowest BCUT2D eigenvalue weighted by Crippen LogP contribution is -2.33. The first-order valence-corrected chi connectivity index (χ1v) is 7.05. The van der Waals surface area contributed by atoms with Gasteiger partial charge in [0, 0.05) is 0 Å². The standard InChI is InChI=1S/C12H16N4S2/c1-3-7(2)8-5-4-6-9-10(8)14-12(18-9)16-15-11(13)17/h4-7H,3H2,1-2H3,(H,14,16)(H3,13,15,17)/t7-/m0/s1. The number of hydrogen-bond acceptors (Lipinski definition) is 4. The van der Waals surface area contributed by atoms with Crippen LogP contribution in [0.25, 0.3) is 10.2 Å². The maximum atomic E-state index is 5.37. The normalized spacial score (nSPS) is 12.3. The Kier molecular flexibility index (Phi) is 3.98. The van der Waals surface area contributed by atoms with Gasteiger partial charge in [-0.1, -0.05) is 37.3 Å². The Balaban J connectivity index is 2.35. The Bertz CT molecular complexity index is 564. The second-order valence-corrected chi connectivity index (χ2v) is 5.61. The monoisotopic (exact) mass is 280 g/mol. The Labute approximate surface area is 116 Å². The first-order valence-electron chi connectivity index (χ1n) is 5.82. The van der Waals surface area contributed by atoms with Crippen molar-refractivity contribution in [2.24, 2.45) is 5.73 Å². The minimum atomic E-state index is 0.205. The second-order valence-electron chi connectivity index (χ2n) is 4.14. The van der Waals surface area contributed by atoms with Crippen molar-refractivity contribution in [3.8, 4) is 0 Å². The van der Waals surface area contributed by atoms with E-state index < -0.39 is 0 Å². The second kappa shape index (κ2) is 5.49. The highest BCUT2D eigenvalue weighted by molar-refractivity contribution is 7.80. The molecule has 4 nitrogen and oxygen atoms in total. The van der Waals surface area contributed by atoms with Crippen molar-refractivity contribution in [2.45, 2.75) is 26.2 Å². The zero-order chi connectivity index (χ0) is 13.1. The number of aromatic nitrogens is 1. The third-order valence-corrected chi connectivity index (χ3v) is 3.92. The van der Waals surface area contributed by atoms with Gasteiger partial charge in [-0.05, 0) is 36.2 Å². The zero-order valence-electron chi connectivity index (χ0n) is 10.4.